The van der Waals surface area contributed by atoms with Crippen LogP contribution in [-0.2, 0) is 0 Å². The molecule has 1 aliphatic rings. The fourth-order valence-electron chi connectivity index (χ4n) is 2.36. The van der Waals surface area contributed by atoms with Gasteiger partial charge in [-0.2, -0.15) is 0 Å². The Kier molecular flexibility index (Phi) is 3.93. The molecule has 0 spiro atoms. The van der Waals surface area contributed by atoms with Crippen LogP contribution in [0.3, 0.4) is 0 Å². The van der Waals surface area contributed by atoms with Crippen LogP contribution in [0.5, 0.6) is 0 Å². The van der Waals surface area contributed by atoms with Crippen molar-refractivity contribution < 1.29 is 4.92 Å². The van der Waals surface area contributed by atoms with Gasteiger partial charge in [0.1, 0.15) is 0 Å². The molecule has 0 aromatic heterocycles. The SMILES string of the molecule is Cc1ccc([C@H](C)N2CCNCC2)cc1[N+](=O)[O-]. The standard InChI is InChI=1S/C13H19N3O2/c1-10-3-4-12(9-13(10)16(17)18)11(2)15-7-5-14-6-8-15/h3-4,9,11,14H,5-8H2,1-2H3/t11-/m0/s1. The van der Waals surface area contributed by atoms with Gasteiger partial charge in [-0.05, 0) is 19.4 Å². The van der Waals surface area contributed by atoms with E-state index in [1.165, 1.54) is 0 Å². The Labute approximate surface area is 107 Å². The van der Waals surface area contributed by atoms with E-state index in [2.05, 4.69) is 17.1 Å². The summed E-state index contributed by atoms with van der Waals surface area (Å²) in [5, 5.41) is 14.3. The molecule has 1 aliphatic heterocycles. The van der Waals surface area contributed by atoms with E-state index in [9.17, 15) is 10.1 Å². The van der Waals surface area contributed by atoms with Crippen molar-refractivity contribution in [2.75, 3.05) is 26.2 Å². The minimum atomic E-state index is -0.302. The first kappa shape index (κ1) is 13.0. The van der Waals surface area contributed by atoms with Gasteiger partial charge in [0.05, 0.1) is 4.92 Å². The molecule has 5 nitrogen and oxygen atoms in total. The van der Waals surface area contributed by atoms with Crippen molar-refractivity contribution in [3.8, 4) is 0 Å². The van der Waals surface area contributed by atoms with Crippen molar-refractivity contribution in [2.24, 2.45) is 0 Å². The van der Waals surface area contributed by atoms with Crippen LogP contribution in [0.4, 0.5) is 5.69 Å². The van der Waals surface area contributed by atoms with Crippen LogP contribution in [0.1, 0.15) is 24.1 Å². The van der Waals surface area contributed by atoms with Crippen LogP contribution in [0.25, 0.3) is 0 Å². The van der Waals surface area contributed by atoms with Gasteiger partial charge in [0, 0.05) is 43.9 Å². The molecule has 1 atom stereocenters. The van der Waals surface area contributed by atoms with E-state index in [-0.39, 0.29) is 16.7 Å². The summed E-state index contributed by atoms with van der Waals surface area (Å²) in [6, 6.07) is 5.77. The summed E-state index contributed by atoms with van der Waals surface area (Å²) in [6.07, 6.45) is 0. The molecule has 1 N–H and O–H groups in total. The van der Waals surface area contributed by atoms with Crippen molar-refractivity contribution in [1.29, 1.82) is 0 Å². The highest BCUT2D eigenvalue weighted by Gasteiger charge is 2.20. The summed E-state index contributed by atoms with van der Waals surface area (Å²) in [6.45, 7) is 7.83. The Morgan fingerprint density at radius 1 is 1.39 bits per heavy atom. The Morgan fingerprint density at radius 2 is 2.06 bits per heavy atom. The number of nitro groups is 1. The Hall–Kier alpha value is -1.46. The fraction of sp³-hybridized carbons (Fsp3) is 0.538. The molecule has 1 saturated heterocycles. The summed E-state index contributed by atoms with van der Waals surface area (Å²) in [5.41, 5.74) is 1.96. The minimum absolute atomic E-state index is 0.217. The summed E-state index contributed by atoms with van der Waals surface area (Å²) >= 11 is 0. The molecule has 18 heavy (non-hydrogen) atoms. The van der Waals surface area contributed by atoms with Crippen molar-refractivity contribution in [2.45, 2.75) is 19.9 Å². The van der Waals surface area contributed by atoms with E-state index < -0.39 is 0 Å². The topological polar surface area (TPSA) is 58.4 Å². The smallest absolute Gasteiger partial charge is 0.272 e. The largest absolute Gasteiger partial charge is 0.314 e. The second kappa shape index (κ2) is 5.46. The maximum atomic E-state index is 11.0. The lowest BCUT2D eigenvalue weighted by molar-refractivity contribution is -0.385. The van der Waals surface area contributed by atoms with Crippen LogP contribution in [0, 0.1) is 17.0 Å². The Balaban J connectivity index is 2.21. The zero-order valence-corrected chi connectivity index (χ0v) is 10.8. The number of aryl methyl sites for hydroxylation is 1. The van der Waals surface area contributed by atoms with Crippen LogP contribution in [0.2, 0.25) is 0 Å². The molecule has 0 bridgehead atoms. The normalized spacial score (nSPS) is 18.6. The molecule has 0 amide bonds. The fourth-order valence-corrected chi connectivity index (χ4v) is 2.36. The van der Waals surface area contributed by atoms with Gasteiger partial charge in [0.15, 0.2) is 0 Å². The molecule has 5 heteroatoms. The molecule has 1 aromatic carbocycles. The number of piperazine rings is 1. The number of nitrogens with one attached hydrogen (secondary N) is 1. The molecule has 1 aromatic rings. The second-order valence-electron chi connectivity index (χ2n) is 4.76. The van der Waals surface area contributed by atoms with Gasteiger partial charge in [-0.1, -0.05) is 12.1 Å². The molecular weight excluding hydrogens is 230 g/mol. The Morgan fingerprint density at radius 3 is 2.67 bits per heavy atom. The predicted octanol–water partition coefficient (Wildman–Crippen LogP) is 1.87. The molecule has 0 unspecified atom stereocenters. The minimum Gasteiger partial charge on any atom is -0.314 e. The monoisotopic (exact) mass is 249 g/mol. The average molecular weight is 249 g/mol. The quantitative estimate of drug-likeness (QED) is 0.656. The molecule has 0 radical (unpaired) electrons. The van der Waals surface area contributed by atoms with E-state index in [0.29, 0.717) is 0 Å². The molecule has 1 fully saturated rings. The zero-order chi connectivity index (χ0) is 13.1. The number of hydrogen-bond donors (Lipinski definition) is 1. The molecular formula is C13H19N3O2. The highest BCUT2D eigenvalue weighted by molar-refractivity contribution is 5.43. The van der Waals surface area contributed by atoms with Gasteiger partial charge in [0.2, 0.25) is 0 Å². The van der Waals surface area contributed by atoms with Crippen LogP contribution in [-0.4, -0.2) is 36.0 Å². The molecule has 98 valence electrons. The Bertz CT molecular complexity index is 442. The van der Waals surface area contributed by atoms with Crippen molar-refractivity contribution >= 4 is 5.69 Å². The summed E-state index contributed by atoms with van der Waals surface area (Å²) in [7, 11) is 0. The molecule has 2 rings (SSSR count). The number of benzene rings is 1. The van der Waals surface area contributed by atoms with Gasteiger partial charge in [-0.15, -0.1) is 0 Å². The van der Waals surface area contributed by atoms with Crippen molar-refractivity contribution in [3.63, 3.8) is 0 Å². The second-order valence-corrected chi connectivity index (χ2v) is 4.76. The van der Waals surface area contributed by atoms with E-state index in [1.54, 1.807) is 13.0 Å². The van der Waals surface area contributed by atoms with Gasteiger partial charge in [-0.25, -0.2) is 0 Å². The maximum Gasteiger partial charge on any atom is 0.272 e. The maximum absolute atomic E-state index is 11.0. The third kappa shape index (κ3) is 2.68. The van der Waals surface area contributed by atoms with Gasteiger partial charge in [0.25, 0.3) is 5.69 Å². The lowest BCUT2D eigenvalue weighted by atomic mass is 10.0. The van der Waals surface area contributed by atoms with E-state index in [1.807, 2.05) is 12.1 Å². The highest BCUT2D eigenvalue weighted by atomic mass is 16.6. The summed E-state index contributed by atoms with van der Waals surface area (Å²) < 4.78 is 0. The predicted molar refractivity (Wildman–Crippen MR) is 70.7 cm³/mol. The number of rotatable bonds is 3. The van der Waals surface area contributed by atoms with Crippen LogP contribution >= 0.6 is 0 Å². The lowest BCUT2D eigenvalue weighted by Gasteiger charge is -2.33. The summed E-state index contributed by atoms with van der Waals surface area (Å²) in [4.78, 5) is 13.0. The first-order valence-electron chi connectivity index (χ1n) is 6.29. The van der Waals surface area contributed by atoms with E-state index in [0.717, 1.165) is 37.3 Å². The zero-order valence-electron chi connectivity index (χ0n) is 10.8. The third-order valence-corrected chi connectivity index (χ3v) is 3.61. The number of hydrogen-bond acceptors (Lipinski definition) is 4. The molecule has 1 heterocycles. The average Bonchev–Trinajstić information content (AvgIpc) is 2.39. The third-order valence-electron chi connectivity index (χ3n) is 3.61. The van der Waals surface area contributed by atoms with Crippen molar-refractivity contribution in [3.05, 3.63) is 39.4 Å². The first-order valence-corrected chi connectivity index (χ1v) is 6.29. The number of nitro benzene ring substituents is 1. The van der Waals surface area contributed by atoms with Gasteiger partial charge in [-0.3, -0.25) is 15.0 Å². The molecule has 0 saturated carbocycles. The van der Waals surface area contributed by atoms with Gasteiger partial charge >= 0.3 is 0 Å². The van der Waals surface area contributed by atoms with Crippen LogP contribution < -0.4 is 5.32 Å². The molecule has 0 aliphatic carbocycles. The van der Waals surface area contributed by atoms with E-state index >= 15 is 0 Å². The lowest BCUT2D eigenvalue weighted by Crippen LogP contribution is -2.44. The van der Waals surface area contributed by atoms with Crippen LogP contribution in [0.15, 0.2) is 18.2 Å². The summed E-state index contributed by atoms with van der Waals surface area (Å²) in [5.74, 6) is 0. The number of nitrogens with zero attached hydrogens (tertiary/aromatic N) is 2. The van der Waals surface area contributed by atoms with Gasteiger partial charge < -0.3 is 5.32 Å². The first-order chi connectivity index (χ1) is 8.59. The van der Waals surface area contributed by atoms with E-state index in [4.69, 9.17) is 0 Å². The van der Waals surface area contributed by atoms with Crippen molar-refractivity contribution in [1.82, 2.24) is 10.2 Å². The highest BCUT2D eigenvalue weighted by Crippen LogP contribution is 2.26.